The molecule has 0 spiro atoms. The molecule has 4 nitrogen and oxygen atoms in total. The van der Waals surface area contributed by atoms with Crippen molar-refractivity contribution in [2.45, 2.75) is 6.61 Å². The van der Waals surface area contributed by atoms with Crippen LogP contribution in [0, 0.1) is 11.6 Å². The molecule has 0 saturated heterocycles. The number of rotatable bonds is 3. The molecular weight excluding hydrogens is 268 g/mol. The van der Waals surface area contributed by atoms with Crippen LogP contribution in [0.25, 0.3) is 0 Å². The van der Waals surface area contributed by atoms with Crippen LogP contribution in [0.3, 0.4) is 0 Å². The summed E-state index contributed by atoms with van der Waals surface area (Å²) in [4.78, 5) is 11.5. The van der Waals surface area contributed by atoms with Crippen molar-refractivity contribution in [1.82, 2.24) is 0 Å². The van der Waals surface area contributed by atoms with Crippen molar-refractivity contribution >= 4 is 11.8 Å². The van der Waals surface area contributed by atoms with Gasteiger partial charge in [-0.05, 0) is 5.56 Å². The Kier molecular flexibility index (Phi) is 4.14. The van der Waals surface area contributed by atoms with Gasteiger partial charge < -0.3 is 9.84 Å². The summed E-state index contributed by atoms with van der Waals surface area (Å²) >= 11 is 0. The van der Waals surface area contributed by atoms with Crippen LogP contribution in [0.15, 0.2) is 42.5 Å². The van der Waals surface area contributed by atoms with E-state index in [-0.39, 0.29) is 6.61 Å². The molecule has 2 rings (SSSR count). The monoisotopic (exact) mass is 279 g/mol. The van der Waals surface area contributed by atoms with Gasteiger partial charge >= 0.3 is 6.09 Å². The lowest BCUT2D eigenvalue weighted by Gasteiger charge is -2.09. The van der Waals surface area contributed by atoms with E-state index in [9.17, 15) is 18.7 Å². The van der Waals surface area contributed by atoms with E-state index in [1.54, 1.807) is 24.3 Å². The number of aromatic hydroxyl groups is 1. The van der Waals surface area contributed by atoms with Gasteiger partial charge in [-0.1, -0.05) is 30.3 Å². The lowest BCUT2D eigenvalue weighted by molar-refractivity contribution is 0.155. The third kappa shape index (κ3) is 3.44. The summed E-state index contributed by atoms with van der Waals surface area (Å²) in [5, 5.41) is 11.4. The van der Waals surface area contributed by atoms with Crippen LogP contribution in [0.4, 0.5) is 19.3 Å². The lowest BCUT2D eigenvalue weighted by atomic mass is 10.2. The number of halogens is 2. The van der Waals surface area contributed by atoms with Gasteiger partial charge in [-0.3, -0.25) is 5.32 Å². The molecule has 0 aliphatic carbocycles. The fourth-order valence-corrected chi connectivity index (χ4v) is 1.55. The topological polar surface area (TPSA) is 58.6 Å². The van der Waals surface area contributed by atoms with Gasteiger partial charge in [0.05, 0.1) is 0 Å². The van der Waals surface area contributed by atoms with E-state index in [2.05, 4.69) is 0 Å². The number of phenols is 1. The summed E-state index contributed by atoms with van der Waals surface area (Å²) in [6.45, 7) is -0.00372. The van der Waals surface area contributed by atoms with Crippen LogP contribution in [0.2, 0.25) is 0 Å². The highest BCUT2D eigenvalue weighted by atomic mass is 19.1. The minimum absolute atomic E-state index is 0.00372. The molecule has 0 aromatic heterocycles. The van der Waals surface area contributed by atoms with Crippen molar-refractivity contribution in [3.8, 4) is 5.75 Å². The average molecular weight is 279 g/mol. The lowest BCUT2D eigenvalue weighted by Crippen LogP contribution is -2.14. The Morgan fingerprint density at radius 2 is 1.90 bits per heavy atom. The van der Waals surface area contributed by atoms with Crippen molar-refractivity contribution in [3.05, 3.63) is 59.7 Å². The van der Waals surface area contributed by atoms with Crippen LogP contribution in [-0.2, 0) is 11.3 Å². The average Bonchev–Trinajstić information content (AvgIpc) is 2.42. The number of carbonyl (C=O) groups is 1. The zero-order chi connectivity index (χ0) is 14.5. The predicted molar refractivity (Wildman–Crippen MR) is 68.3 cm³/mol. The van der Waals surface area contributed by atoms with Crippen LogP contribution in [-0.4, -0.2) is 11.2 Å². The molecule has 0 fully saturated rings. The fraction of sp³-hybridized carbons (Fsp3) is 0.0714. The van der Waals surface area contributed by atoms with Gasteiger partial charge in [0.15, 0.2) is 5.82 Å². The Bertz CT molecular complexity index is 594. The van der Waals surface area contributed by atoms with Gasteiger partial charge in [-0.25, -0.2) is 13.6 Å². The van der Waals surface area contributed by atoms with Crippen LogP contribution >= 0.6 is 0 Å². The fourth-order valence-electron chi connectivity index (χ4n) is 1.55. The number of carbonyl (C=O) groups excluding carboxylic acids is 1. The minimum Gasteiger partial charge on any atom is -0.506 e. The molecule has 0 unspecified atom stereocenters. The highest BCUT2D eigenvalue weighted by molar-refractivity contribution is 5.86. The molecule has 0 bridgehead atoms. The summed E-state index contributed by atoms with van der Waals surface area (Å²) in [6, 6.07) is 10.1. The first-order valence-electron chi connectivity index (χ1n) is 5.72. The summed E-state index contributed by atoms with van der Waals surface area (Å²) in [7, 11) is 0. The normalized spacial score (nSPS) is 10.1. The SMILES string of the molecule is O=C(Nc1c(O)cc(F)cc1F)OCc1ccccc1. The quantitative estimate of drug-likeness (QED) is 0.846. The Morgan fingerprint density at radius 3 is 2.55 bits per heavy atom. The second kappa shape index (κ2) is 6.01. The minimum atomic E-state index is -1.08. The molecule has 0 atom stereocenters. The molecule has 6 heteroatoms. The van der Waals surface area contributed by atoms with E-state index >= 15 is 0 Å². The van der Waals surface area contributed by atoms with Crippen molar-refractivity contribution in [2.75, 3.05) is 5.32 Å². The number of benzene rings is 2. The number of nitrogens with one attached hydrogen (secondary N) is 1. The number of hydrogen-bond donors (Lipinski definition) is 2. The van der Waals surface area contributed by atoms with Gasteiger partial charge in [0.25, 0.3) is 0 Å². The van der Waals surface area contributed by atoms with Crippen LogP contribution in [0.5, 0.6) is 5.75 Å². The second-order valence-electron chi connectivity index (χ2n) is 3.97. The number of anilines is 1. The number of hydrogen-bond acceptors (Lipinski definition) is 3. The number of phenolic OH excluding ortho intramolecular Hbond substituents is 1. The summed E-state index contributed by atoms with van der Waals surface area (Å²) in [5.74, 6) is -2.73. The molecule has 0 heterocycles. The Morgan fingerprint density at radius 1 is 1.20 bits per heavy atom. The second-order valence-corrected chi connectivity index (χ2v) is 3.97. The third-order valence-electron chi connectivity index (χ3n) is 2.47. The largest absolute Gasteiger partial charge is 0.506 e. The third-order valence-corrected chi connectivity index (χ3v) is 2.47. The van der Waals surface area contributed by atoms with E-state index in [4.69, 9.17) is 4.74 Å². The Balaban J connectivity index is 1.98. The first-order chi connectivity index (χ1) is 9.56. The van der Waals surface area contributed by atoms with E-state index in [0.717, 1.165) is 5.56 Å². The zero-order valence-corrected chi connectivity index (χ0v) is 10.3. The molecule has 20 heavy (non-hydrogen) atoms. The highest BCUT2D eigenvalue weighted by Gasteiger charge is 2.14. The maximum atomic E-state index is 13.4. The molecule has 0 aliphatic heterocycles. The predicted octanol–water partition coefficient (Wildman–Crippen LogP) is 3.42. The molecule has 0 aliphatic rings. The number of ether oxygens (including phenoxy) is 1. The van der Waals surface area contributed by atoms with E-state index in [1.165, 1.54) is 0 Å². The van der Waals surface area contributed by atoms with Gasteiger partial charge in [0.2, 0.25) is 0 Å². The van der Waals surface area contributed by atoms with Crippen LogP contribution < -0.4 is 5.32 Å². The van der Waals surface area contributed by atoms with Gasteiger partial charge in [-0.2, -0.15) is 0 Å². The molecule has 2 aromatic carbocycles. The first-order valence-corrected chi connectivity index (χ1v) is 5.72. The summed E-state index contributed by atoms with van der Waals surface area (Å²) in [6.07, 6.45) is -0.949. The van der Waals surface area contributed by atoms with Crippen molar-refractivity contribution in [3.63, 3.8) is 0 Å². The van der Waals surface area contributed by atoms with Crippen molar-refractivity contribution < 1.29 is 23.4 Å². The molecule has 0 radical (unpaired) electrons. The van der Waals surface area contributed by atoms with Crippen molar-refractivity contribution in [2.24, 2.45) is 0 Å². The van der Waals surface area contributed by atoms with Gasteiger partial charge in [0, 0.05) is 12.1 Å². The Hall–Kier alpha value is -2.63. The van der Waals surface area contributed by atoms with E-state index in [1.807, 2.05) is 11.4 Å². The number of amides is 1. The van der Waals surface area contributed by atoms with Gasteiger partial charge in [-0.15, -0.1) is 0 Å². The molecule has 2 aromatic rings. The molecule has 104 valence electrons. The van der Waals surface area contributed by atoms with E-state index < -0.39 is 29.2 Å². The van der Waals surface area contributed by atoms with Crippen LogP contribution in [0.1, 0.15) is 5.56 Å². The van der Waals surface area contributed by atoms with Gasteiger partial charge in [0.1, 0.15) is 23.9 Å². The molecular formula is C14H11F2NO3. The maximum Gasteiger partial charge on any atom is 0.412 e. The first kappa shape index (κ1) is 13.8. The Labute approximate surface area is 113 Å². The maximum absolute atomic E-state index is 13.4. The molecule has 1 amide bonds. The zero-order valence-electron chi connectivity index (χ0n) is 10.3. The summed E-state index contributed by atoms with van der Waals surface area (Å²) in [5.41, 5.74) is 0.232. The van der Waals surface area contributed by atoms with E-state index in [0.29, 0.717) is 12.1 Å². The highest BCUT2D eigenvalue weighted by Crippen LogP contribution is 2.27. The molecule has 2 N–H and O–H groups in total. The standard InChI is InChI=1S/C14H11F2NO3/c15-10-6-11(16)13(12(18)7-10)17-14(19)20-8-9-4-2-1-3-5-9/h1-7,18H,8H2,(H,17,19). The smallest absolute Gasteiger partial charge is 0.412 e. The summed E-state index contributed by atoms with van der Waals surface area (Å²) < 4.78 is 31.0. The molecule has 0 saturated carbocycles. The van der Waals surface area contributed by atoms with Crippen molar-refractivity contribution in [1.29, 1.82) is 0 Å².